The number of thioether (sulfide) groups is 1. The molecule has 1 aromatic carbocycles. The molecule has 0 bridgehead atoms. The van der Waals surface area contributed by atoms with Crippen LogP contribution in [0.5, 0.6) is 0 Å². The van der Waals surface area contributed by atoms with Crippen molar-refractivity contribution in [3.8, 4) is 0 Å². The third-order valence-electron chi connectivity index (χ3n) is 2.43. The van der Waals surface area contributed by atoms with E-state index in [1.54, 1.807) is 13.0 Å². The van der Waals surface area contributed by atoms with Gasteiger partial charge in [-0.15, -0.1) is 0 Å². The zero-order valence-corrected chi connectivity index (χ0v) is 11.4. The van der Waals surface area contributed by atoms with E-state index in [-0.39, 0.29) is 0 Å². The summed E-state index contributed by atoms with van der Waals surface area (Å²) in [6, 6.07) is 5.45. The van der Waals surface area contributed by atoms with E-state index < -0.39 is 16.4 Å². The summed E-state index contributed by atoms with van der Waals surface area (Å²) in [5, 5.41) is 11.0. The number of aromatic nitrogens is 2. The molecular weight excluding hydrogens is 283 g/mol. The lowest BCUT2D eigenvalue weighted by Crippen LogP contribution is -1.97. The van der Waals surface area contributed by atoms with Gasteiger partial charge in [-0.1, -0.05) is 17.8 Å². The molecule has 0 aliphatic heterocycles. The lowest BCUT2D eigenvalue weighted by atomic mass is 10.2. The van der Waals surface area contributed by atoms with Crippen molar-refractivity contribution in [3.63, 3.8) is 0 Å². The molecule has 104 valence electrons. The largest absolute Gasteiger partial charge is 0.384 e. The molecule has 0 fully saturated rings. The van der Waals surface area contributed by atoms with E-state index in [9.17, 15) is 14.5 Å². The van der Waals surface area contributed by atoms with Crippen LogP contribution in [0.15, 0.2) is 29.4 Å². The number of rotatable bonds is 4. The minimum Gasteiger partial charge on any atom is -0.384 e. The Balaban J connectivity index is 2.11. The maximum atomic E-state index is 13.5. The zero-order valence-electron chi connectivity index (χ0n) is 10.5. The number of benzene rings is 1. The van der Waals surface area contributed by atoms with Gasteiger partial charge in [0.15, 0.2) is 5.16 Å². The minimum absolute atomic E-state index is 0.370. The molecule has 1 heterocycles. The lowest BCUT2D eigenvalue weighted by molar-refractivity contribution is -0.387. The minimum atomic E-state index is -0.849. The van der Waals surface area contributed by atoms with Gasteiger partial charge in [0.05, 0.1) is 4.92 Å². The van der Waals surface area contributed by atoms with Crippen LogP contribution < -0.4 is 5.73 Å². The van der Waals surface area contributed by atoms with Gasteiger partial charge in [-0.3, -0.25) is 10.1 Å². The molecule has 1 aromatic heterocycles. The van der Waals surface area contributed by atoms with Gasteiger partial charge in [0.2, 0.25) is 5.82 Å². The quantitative estimate of drug-likeness (QED) is 0.403. The molecule has 0 saturated heterocycles. The number of nitro benzene ring substituents is 1. The lowest BCUT2D eigenvalue weighted by Gasteiger charge is -2.03. The number of aryl methyl sites for hydroxylation is 1. The average Bonchev–Trinajstić information content (AvgIpc) is 2.35. The molecule has 2 N–H and O–H groups in total. The first-order valence-electron chi connectivity index (χ1n) is 5.62. The molecule has 0 atom stereocenters. The molecule has 0 aliphatic rings. The van der Waals surface area contributed by atoms with Gasteiger partial charge >= 0.3 is 5.69 Å². The molecular formula is C12H11FN4O2S. The highest BCUT2D eigenvalue weighted by molar-refractivity contribution is 7.98. The molecule has 0 amide bonds. The van der Waals surface area contributed by atoms with Crippen LogP contribution in [-0.4, -0.2) is 14.9 Å². The third-order valence-corrected chi connectivity index (χ3v) is 3.35. The smallest absolute Gasteiger partial charge is 0.304 e. The summed E-state index contributed by atoms with van der Waals surface area (Å²) in [6.45, 7) is 1.80. The van der Waals surface area contributed by atoms with E-state index in [2.05, 4.69) is 9.97 Å². The first kappa shape index (κ1) is 14.2. The number of hydrogen-bond donors (Lipinski definition) is 1. The first-order valence-corrected chi connectivity index (χ1v) is 6.61. The summed E-state index contributed by atoms with van der Waals surface area (Å²) < 4.78 is 13.5. The maximum absolute atomic E-state index is 13.5. The molecule has 2 aromatic rings. The van der Waals surface area contributed by atoms with Crippen LogP contribution in [0.2, 0.25) is 0 Å². The average molecular weight is 294 g/mol. The van der Waals surface area contributed by atoms with E-state index in [1.807, 2.05) is 0 Å². The van der Waals surface area contributed by atoms with Gasteiger partial charge in [0.25, 0.3) is 0 Å². The summed E-state index contributed by atoms with van der Waals surface area (Å²) in [6.07, 6.45) is 0. The Morgan fingerprint density at radius 3 is 2.75 bits per heavy atom. The first-order chi connectivity index (χ1) is 9.45. The molecule has 20 heavy (non-hydrogen) atoms. The molecule has 0 unspecified atom stereocenters. The van der Waals surface area contributed by atoms with Crippen molar-refractivity contribution >= 4 is 23.3 Å². The molecule has 8 heteroatoms. The second-order valence-electron chi connectivity index (χ2n) is 4.05. The van der Waals surface area contributed by atoms with Crippen molar-refractivity contribution in [3.05, 3.63) is 51.5 Å². The number of nitro groups is 1. The van der Waals surface area contributed by atoms with Gasteiger partial charge < -0.3 is 5.73 Å². The number of hydrogen-bond acceptors (Lipinski definition) is 6. The Kier molecular flexibility index (Phi) is 4.14. The van der Waals surface area contributed by atoms with E-state index >= 15 is 0 Å². The van der Waals surface area contributed by atoms with E-state index in [0.29, 0.717) is 22.3 Å². The third kappa shape index (κ3) is 3.41. The monoisotopic (exact) mass is 294 g/mol. The predicted octanol–water partition coefficient (Wildman–Crippen LogP) is 2.71. The van der Waals surface area contributed by atoms with Crippen molar-refractivity contribution in [1.29, 1.82) is 0 Å². The molecule has 0 spiro atoms. The number of nitrogens with two attached hydrogens (primary N) is 1. The van der Waals surface area contributed by atoms with Crippen LogP contribution in [0.1, 0.15) is 11.3 Å². The Bertz CT molecular complexity index is 646. The van der Waals surface area contributed by atoms with Gasteiger partial charge in [-0.05, 0) is 18.6 Å². The van der Waals surface area contributed by atoms with Crippen molar-refractivity contribution in [2.75, 3.05) is 5.73 Å². The van der Waals surface area contributed by atoms with Crippen molar-refractivity contribution in [2.24, 2.45) is 0 Å². The van der Waals surface area contributed by atoms with Gasteiger partial charge in [-0.2, -0.15) is 4.39 Å². The van der Waals surface area contributed by atoms with Crippen LogP contribution in [0.3, 0.4) is 0 Å². The summed E-state index contributed by atoms with van der Waals surface area (Å²) in [5.74, 6) is -0.0784. The molecule has 0 radical (unpaired) electrons. The standard InChI is InChI=1S/C12H11FN4O2S/c1-7-4-11(14)16-12(15-7)20-6-8-2-3-10(17(18)19)9(13)5-8/h2-5H,6H2,1H3,(H2,14,15,16). The Morgan fingerprint density at radius 1 is 1.40 bits per heavy atom. The molecule has 6 nitrogen and oxygen atoms in total. The second-order valence-corrected chi connectivity index (χ2v) is 4.99. The summed E-state index contributed by atoms with van der Waals surface area (Å²) >= 11 is 1.29. The van der Waals surface area contributed by atoms with Crippen LogP contribution in [0.25, 0.3) is 0 Å². The predicted molar refractivity (Wildman–Crippen MR) is 73.8 cm³/mol. The highest BCUT2D eigenvalue weighted by atomic mass is 32.2. The number of halogens is 1. The fourth-order valence-electron chi connectivity index (χ4n) is 1.57. The fraction of sp³-hybridized carbons (Fsp3) is 0.167. The summed E-state index contributed by atoms with van der Waals surface area (Å²) in [7, 11) is 0. The van der Waals surface area contributed by atoms with Crippen LogP contribution in [-0.2, 0) is 5.75 Å². The van der Waals surface area contributed by atoms with Crippen LogP contribution in [0, 0.1) is 22.9 Å². The van der Waals surface area contributed by atoms with Gasteiger partial charge in [-0.25, -0.2) is 9.97 Å². The maximum Gasteiger partial charge on any atom is 0.304 e. The summed E-state index contributed by atoms with van der Waals surface area (Å²) in [4.78, 5) is 18.0. The Labute approximate surface area is 118 Å². The number of nitrogen functional groups attached to an aromatic ring is 1. The van der Waals surface area contributed by atoms with E-state index in [1.165, 1.54) is 17.8 Å². The van der Waals surface area contributed by atoms with Crippen LogP contribution in [0.4, 0.5) is 15.9 Å². The zero-order chi connectivity index (χ0) is 14.7. The van der Waals surface area contributed by atoms with Crippen molar-refractivity contribution in [1.82, 2.24) is 9.97 Å². The SMILES string of the molecule is Cc1cc(N)nc(SCc2ccc([N+](=O)[O-])c(F)c2)n1. The van der Waals surface area contributed by atoms with Crippen molar-refractivity contribution in [2.45, 2.75) is 17.8 Å². The highest BCUT2D eigenvalue weighted by Gasteiger charge is 2.14. The number of nitrogens with zero attached hydrogens (tertiary/aromatic N) is 3. The molecule has 0 aliphatic carbocycles. The molecule has 2 rings (SSSR count). The van der Waals surface area contributed by atoms with Gasteiger partial charge in [0.1, 0.15) is 5.82 Å². The Hall–Kier alpha value is -2.22. The normalized spacial score (nSPS) is 10.5. The van der Waals surface area contributed by atoms with E-state index in [4.69, 9.17) is 5.73 Å². The topological polar surface area (TPSA) is 94.9 Å². The summed E-state index contributed by atoms with van der Waals surface area (Å²) in [5.41, 5.74) is 6.43. The van der Waals surface area contributed by atoms with Crippen LogP contribution >= 0.6 is 11.8 Å². The highest BCUT2D eigenvalue weighted by Crippen LogP contribution is 2.24. The molecule has 0 saturated carbocycles. The van der Waals surface area contributed by atoms with E-state index in [0.717, 1.165) is 17.8 Å². The Morgan fingerprint density at radius 2 is 2.15 bits per heavy atom. The number of anilines is 1. The van der Waals surface area contributed by atoms with Crippen molar-refractivity contribution < 1.29 is 9.31 Å². The van der Waals surface area contributed by atoms with Gasteiger partial charge in [0, 0.05) is 23.6 Å². The second kappa shape index (κ2) is 5.83. The fourth-order valence-corrected chi connectivity index (χ4v) is 2.42.